The van der Waals surface area contributed by atoms with Gasteiger partial charge in [0.1, 0.15) is 0 Å². The molecular formula is C46H27N7. The molecule has 0 fully saturated rings. The summed E-state index contributed by atoms with van der Waals surface area (Å²) < 4.78 is 6.52. The second kappa shape index (κ2) is 11.9. The quantitative estimate of drug-likeness (QED) is 0.181. The van der Waals surface area contributed by atoms with Crippen LogP contribution in [-0.4, -0.2) is 23.9 Å². The van der Waals surface area contributed by atoms with Crippen LogP contribution >= 0.6 is 0 Å². The van der Waals surface area contributed by atoms with Crippen molar-refractivity contribution in [3.05, 3.63) is 175 Å². The molecule has 0 bridgehead atoms. The van der Waals surface area contributed by atoms with Crippen molar-refractivity contribution in [1.82, 2.24) is 23.9 Å². The first kappa shape index (κ1) is 30.1. The van der Waals surface area contributed by atoms with Crippen LogP contribution < -0.4 is 0 Å². The molecule has 7 heteroatoms. The van der Waals surface area contributed by atoms with Gasteiger partial charge < -0.3 is 9.13 Å². The molecule has 0 spiro atoms. The van der Waals surface area contributed by atoms with Crippen molar-refractivity contribution in [2.24, 2.45) is 0 Å². The maximum absolute atomic E-state index is 9.53. The van der Waals surface area contributed by atoms with Crippen LogP contribution in [0.15, 0.2) is 164 Å². The van der Waals surface area contributed by atoms with Crippen LogP contribution in [0.3, 0.4) is 0 Å². The lowest BCUT2D eigenvalue weighted by Crippen LogP contribution is -2.02. The van der Waals surface area contributed by atoms with Gasteiger partial charge in [-0.25, -0.2) is 9.67 Å². The highest BCUT2D eigenvalue weighted by Gasteiger charge is 2.22. The molecule has 0 saturated heterocycles. The number of para-hydroxylation sites is 4. The Kier molecular flexibility index (Phi) is 6.79. The minimum Gasteiger partial charge on any atom is -0.309 e. The number of nitrogens with zero attached hydrogens (tertiary/aromatic N) is 7. The van der Waals surface area contributed by atoms with Crippen LogP contribution in [0.1, 0.15) is 11.1 Å². The summed E-state index contributed by atoms with van der Waals surface area (Å²) in [5.41, 5.74) is 10.1. The van der Waals surface area contributed by atoms with E-state index in [9.17, 15) is 10.5 Å². The third-order valence-electron chi connectivity index (χ3n) is 9.98. The van der Waals surface area contributed by atoms with Crippen molar-refractivity contribution in [3.8, 4) is 52.0 Å². The zero-order chi connectivity index (χ0) is 35.5. The Morgan fingerprint density at radius 1 is 0.453 bits per heavy atom. The van der Waals surface area contributed by atoms with Crippen molar-refractivity contribution in [2.45, 2.75) is 0 Å². The lowest BCUT2D eigenvalue weighted by atomic mass is 10.1. The highest BCUT2D eigenvalue weighted by atomic mass is 15.4. The number of rotatable bonds is 5. The third-order valence-corrected chi connectivity index (χ3v) is 9.98. The second-order valence-corrected chi connectivity index (χ2v) is 13.0. The molecule has 246 valence electrons. The third kappa shape index (κ3) is 4.73. The molecule has 0 aliphatic carbocycles. The second-order valence-electron chi connectivity index (χ2n) is 13.0. The molecule has 7 aromatic carbocycles. The molecule has 7 nitrogen and oxygen atoms in total. The summed E-state index contributed by atoms with van der Waals surface area (Å²) in [6.07, 6.45) is 0. The maximum Gasteiger partial charge on any atom is 0.182 e. The number of aromatic nitrogens is 5. The van der Waals surface area contributed by atoms with Crippen molar-refractivity contribution >= 4 is 43.6 Å². The number of nitriles is 2. The first-order chi connectivity index (χ1) is 26.2. The highest BCUT2D eigenvalue weighted by Crippen LogP contribution is 2.40. The molecule has 0 aliphatic heterocycles. The van der Waals surface area contributed by atoms with Crippen LogP contribution in [-0.2, 0) is 0 Å². The molecule has 0 radical (unpaired) electrons. The van der Waals surface area contributed by atoms with E-state index in [1.54, 1.807) is 24.3 Å². The summed E-state index contributed by atoms with van der Waals surface area (Å²) in [6, 6.07) is 59.7. The fourth-order valence-electron chi connectivity index (χ4n) is 7.60. The fourth-order valence-corrected chi connectivity index (χ4v) is 7.60. The van der Waals surface area contributed by atoms with Gasteiger partial charge in [0.2, 0.25) is 0 Å². The fraction of sp³-hybridized carbons (Fsp3) is 0. The van der Waals surface area contributed by atoms with Gasteiger partial charge in [0.15, 0.2) is 11.6 Å². The summed E-state index contributed by atoms with van der Waals surface area (Å²) in [6.45, 7) is 0. The van der Waals surface area contributed by atoms with Crippen LogP contribution in [0.2, 0.25) is 0 Å². The predicted octanol–water partition coefficient (Wildman–Crippen LogP) is 10.5. The molecule has 0 amide bonds. The molecule has 10 aromatic rings. The molecule has 0 atom stereocenters. The maximum atomic E-state index is 9.53. The van der Waals surface area contributed by atoms with Crippen LogP contribution in [0, 0.1) is 22.7 Å². The lowest BCUT2D eigenvalue weighted by molar-refractivity contribution is 0.890. The number of fused-ring (bicyclic) bond motifs is 6. The van der Waals surface area contributed by atoms with E-state index in [1.807, 2.05) is 28.9 Å². The summed E-state index contributed by atoms with van der Waals surface area (Å²) in [5, 5.41) is 28.6. The van der Waals surface area contributed by atoms with Crippen molar-refractivity contribution in [2.75, 3.05) is 0 Å². The van der Waals surface area contributed by atoms with Gasteiger partial charge in [-0.3, -0.25) is 0 Å². The smallest absolute Gasteiger partial charge is 0.182 e. The van der Waals surface area contributed by atoms with E-state index < -0.39 is 0 Å². The zero-order valence-corrected chi connectivity index (χ0v) is 28.2. The monoisotopic (exact) mass is 677 g/mol. The predicted molar refractivity (Wildman–Crippen MR) is 210 cm³/mol. The molecule has 3 aromatic heterocycles. The number of benzene rings is 7. The molecule has 0 aliphatic rings. The van der Waals surface area contributed by atoms with E-state index in [0.717, 1.165) is 61.0 Å². The summed E-state index contributed by atoms with van der Waals surface area (Å²) >= 11 is 0. The zero-order valence-electron chi connectivity index (χ0n) is 28.2. The highest BCUT2D eigenvalue weighted by molar-refractivity contribution is 6.14. The number of hydrogen-bond donors (Lipinski definition) is 0. The van der Waals surface area contributed by atoms with Crippen molar-refractivity contribution in [1.29, 1.82) is 10.5 Å². The molecule has 0 saturated carbocycles. The Bertz CT molecular complexity index is 3070. The van der Waals surface area contributed by atoms with Crippen molar-refractivity contribution < 1.29 is 0 Å². The van der Waals surface area contributed by atoms with Crippen LogP contribution in [0.25, 0.3) is 83.4 Å². The lowest BCUT2D eigenvalue weighted by Gasteiger charge is -2.14. The van der Waals surface area contributed by atoms with Gasteiger partial charge in [0.25, 0.3) is 0 Å². The Balaban J connectivity index is 1.24. The average Bonchev–Trinajstić information content (AvgIpc) is 3.92. The SMILES string of the molecule is N#Cc1ccc(-c2nc(-c3cccc4c5ccccc5n(-c5cccc(-n6c7ccccc7c7ccccc76)c5)c34)n(-c3ccc(C#N)cc3)n2)cc1. The van der Waals surface area contributed by atoms with Gasteiger partial charge in [-0.15, -0.1) is 5.10 Å². The van der Waals surface area contributed by atoms with E-state index >= 15 is 0 Å². The van der Waals surface area contributed by atoms with E-state index in [2.05, 4.69) is 137 Å². The number of hydrogen-bond acceptors (Lipinski definition) is 4. The molecular weight excluding hydrogens is 651 g/mol. The van der Waals surface area contributed by atoms with E-state index in [0.29, 0.717) is 22.8 Å². The molecule has 0 N–H and O–H groups in total. The first-order valence-corrected chi connectivity index (χ1v) is 17.3. The molecule has 3 heterocycles. The van der Waals surface area contributed by atoms with Gasteiger partial charge in [-0.05, 0) is 91.0 Å². The molecule has 53 heavy (non-hydrogen) atoms. The Labute approximate surface area is 304 Å². The van der Waals surface area contributed by atoms with Crippen LogP contribution in [0.5, 0.6) is 0 Å². The Morgan fingerprint density at radius 3 is 1.58 bits per heavy atom. The summed E-state index contributed by atoms with van der Waals surface area (Å²) in [5.74, 6) is 1.18. The van der Waals surface area contributed by atoms with Gasteiger partial charge in [-0.2, -0.15) is 10.5 Å². The topological polar surface area (TPSA) is 88.1 Å². The Hall–Kier alpha value is -7.74. The minimum atomic E-state index is 0.530. The summed E-state index contributed by atoms with van der Waals surface area (Å²) in [7, 11) is 0. The standard InChI is InChI=1S/C46H27N7/c47-28-30-19-23-32(24-20-30)45-49-46(53(50-45)33-25-21-31(29-48)22-26-33)40-15-8-14-39-38-13-3-6-18-43(38)52(44(39)40)35-10-7-9-34(27-35)51-41-16-4-1-11-36(41)37-12-2-5-17-42(37)51/h1-27H. The van der Waals surface area contributed by atoms with E-state index in [1.165, 1.54) is 10.8 Å². The normalized spacial score (nSPS) is 11.4. The minimum absolute atomic E-state index is 0.530. The van der Waals surface area contributed by atoms with E-state index in [4.69, 9.17) is 10.1 Å². The van der Waals surface area contributed by atoms with Gasteiger partial charge >= 0.3 is 0 Å². The first-order valence-electron chi connectivity index (χ1n) is 17.3. The van der Waals surface area contributed by atoms with Gasteiger partial charge in [-0.1, -0.05) is 72.8 Å². The van der Waals surface area contributed by atoms with Crippen LogP contribution in [0.4, 0.5) is 0 Å². The van der Waals surface area contributed by atoms with Gasteiger partial charge in [0, 0.05) is 44.0 Å². The van der Waals surface area contributed by atoms with E-state index in [-0.39, 0.29) is 0 Å². The molecule has 0 unspecified atom stereocenters. The van der Waals surface area contributed by atoms with Gasteiger partial charge in [0.05, 0.1) is 51.0 Å². The molecule has 10 rings (SSSR count). The average molecular weight is 678 g/mol. The Morgan fingerprint density at radius 2 is 0.962 bits per heavy atom. The largest absolute Gasteiger partial charge is 0.309 e. The summed E-state index contributed by atoms with van der Waals surface area (Å²) in [4.78, 5) is 5.19. The van der Waals surface area contributed by atoms with Crippen molar-refractivity contribution in [3.63, 3.8) is 0 Å².